The monoisotopic (exact) mass is 699 g/mol. The molecule has 1 unspecified atom stereocenters. The molecule has 6 aromatic rings. The zero-order valence-electron chi connectivity index (χ0n) is 27.1. The Kier molecular flexibility index (Phi) is 7.72. The fourth-order valence-electron chi connectivity index (χ4n) is 7.09. The molecule has 13 heteroatoms. The molecular weight excluding hydrogens is 667 g/mol. The Hall–Kier alpha value is -5.14. The SMILES string of the molecule is CCS(=O)(=O)Nc1cc2oc(-c3ccc(F)cc3)c(C(=O)NC)c2cc1-c1ccc2c(n1)-c1cc3c(F)cccc3n1C(CN1CC(F)C1)C2. The van der Waals surface area contributed by atoms with Gasteiger partial charge in [-0.25, -0.2) is 26.6 Å². The van der Waals surface area contributed by atoms with Crippen LogP contribution in [-0.4, -0.2) is 67.4 Å². The van der Waals surface area contributed by atoms with Gasteiger partial charge in [0.25, 0.3) is 5.91 Å². The van der Waals surface area contributed by atoms with Crippen molar-refractivity contribution >= 4 is 43.5 Å². The van der Waals surface area contributed by atoms with Crippen LogP contribution in [0.4, 0.5) is 18.9 Å². The summed E-state index contributed by atoms with van der Waals surface area (Å²) in [4.78, 5) is 20.4. The molecule has 9 nitrogen and oxygen atoms in total. The fraction of sp³-hybridized carbons (Fsp3) is 0.243. The van der Waals surface area contributed by atoms with Crippen LogP contribution in [0.2, 0.25) is 0 Å². The van der Waals surface area contributed by atoms with Crippen molar-refractivity contribution in [2.75, 3.05) is 37.2 Å². The Morgan fingerprint density at radius 3 is 2.52 bits per heavy atom. The number of hydrogen-bond acceptors (Lipinski definition) is 6. The van der Waals surface area contributed by atoms with Crippen molar-refractivity contribution in [1.82, 2.24) is 19.8 Å². The normalized spacial score (nSPS) is 16.3. The largest absolute Gasteiger partial charge is 0.455 e. The Morgan fingerprint density at radius 2 is 1.80 bits per heavy atom. The number of hydrogen-bond donors (Lipinski definition) is 2. The van der Waals surface area contributed by atoms with Gasteiger partial charge >= 0.3 is 0 Å². The third-order valence-corrected chi connectivity index (χ3v) is 10.9. The van der Waals surface area contributed by atoms with Gasteiger partial charge in [-0.2, -0.15) is 0 Å². The number of likely N-dealkylation sites (tertiary alicyclic amines) is 1. The first-order chi connectivity index (χ1) is 24.0. The molecule has 0 saturated carbocycles. The number of sulfonamides is 1. The lowest BCUT2D eigenvalue weighted by Crippen LogP contribution is -2.50. The van der Waals surface area contributed by atoms with E-state index in [9.17, 15) is 22.0 Å². The van der Waals surface area contributed by atoms with Crippen LogP contribution in [0, 0.1) is 11.6 Å². The standard InChI is InChI=1S/C37H32F3N5O4S/c1-3-50(47,48)43-30-16-33-27(34(37(46)41-2)36(49-33)20-7-10-22(38)11-8-20)14-26(30)29-12-9-21-13-24(19-44-17-23(39)18-44)45-31-6-4-5-28(40)25(31)15-32(45)35(21)42-29/h4-12,14-16,23-24,43H,3,13,17-19H2,1-2H3,(H,41,46). The summed E-state index contributed by atoms with van der Waals surface area (Å²) >= 11 is 0. The van der Waals surface area contributed by atoms with Crippen molar-refractivity contribution in [2.24, 2.45) is 0 Å². The topological polar surface area (TPSA) is 109 Å². The molecule has 1 saturated heterocycles. The van der Waals surface area contributed by atoms with Crippen molar-refractivity contribution in [3.63, 3.8) is 0 Å². The molecule has 1 atom stereocenters. The average molecular weight is 700 g/mol. The molecule has 1 fully saturated rings. The highest BCUT2D eigenvalue weighted by atomic mass is 32.2. The van der Waals surface area contributed by atoms with Crippen LogP contribution in [0.5, 0.6) is 0 Å². The number of furan rings is 1. The van der Waals surface area contributed by atoms with Crippen molar-refractivity contribution in [3.8, 4) is 34.0 Å². The molecular formula is C37H32F3N5O4S. The van der Waals surface area contributed by atoms with E-state index in [1.165, 1.54) is 50.4 Å². The van der Waals surface area contributed by atoms with Crippen LogP contribution < -0.4 is 10.0 Å². The van der Waals surface area contributed by atoms with E-state index in [-0.39, 0.29) is 40.2 Å². The first kappa shape index (κ1) is 32.1. The minimum absolute atomic E-state index is 0.0915. The average Bonchev–Trinajstić information content (AvgIpc) is 3.67. The van der Waals surface area contributed by atoms with E-state index in [0.717, 1.165) is 5.56 Å². The number of fused-ring (bicyclic) bond motifs is 6. The fourth-order valence-corrected chi connectivity index (χ4v) is 7.74. The van der Waals surface area contributed by atoms with E-state index in [2.05, 4.69) is 14.6 Å². The van der Waals surface area contributed by atoms with Gasteiger partial charge < -0.3 is 14.3 Å². The van der Waals surface area contributed by atoms with Crippen LogP contribution in [0.15, 0.2) is 77.2 Å². The molecule has 8 rings (SSSR count). The minimum atomic E-state index is -3.78. The lowest BCUT2D eigenvalue weighted by Gasteiger charge is -2.39. The van der Waals surface area contributed by atoms with Gasteiger partial charge in [-0.15, -0.1) is 0 Å². The molecule has 3 aromatic heterocycles. The summed E-state index contributed by atoms with van der Waals surface area (Å²) in [6.45, 7) is 2.82. The molecule has 1 amide bonds. The number of aromatic nitrogens is 2. The van der Waals surface area contributed by atoms with Gasteiger partial charge in [-0.1, -0.05) is 12.1 Å². The lowest BCUT2D eigenvalue weighted by atomic mass is 9.95. The number of rotatable bonds is 8. The maximum absolute atomic E-state index is 15.2. The highest BCUT2D eigenvalue weighted by molar-refractivity contribution is 7.92. The molecule has 3 aromatic carbocycles. The number of nitrogens with one attached hydrogen (secondary N) is 2. The minimum Gasteiger partial charge on any atom is -0.455 e. The van der Waals surface area contributed by atoms with Gasteiger partial charge in [0.15, 0.2) is 0 Å². The molecule has 0 radical (unpaired) electrons. The van der Waals surface area contributed by atoms with E-state index >= 15 is 4.39 Å². The second-order valence-corrected chi connectivity index (χ2v) is 14.8. The van der Waals surface area contributed by atoms with E-state index in [0.29, 0.717) is 70.6 Å². The smallest absolute Gasteiger partial charge is 0.255 e. The summed E-state index contributed by atoms with van der Waals surface area (Å²) in [5.74, 6) is -1.27. The number of alkyl halides is 1. The van der Waals surface area contributed by atoms with Crippen LogP contribution >= 0.6 is 0 Å². The first-order valence-corrected chi connectivity index (χ1v) is 17.9. The molecule has 0 spiro atoms. The van der Waals surface area contributed by atoms with E-state index in [1.807, 2.05) is 17.0 Å². The third-order valence-electron chi connectivity index (χ3n) is 9.56. The number of benzene rings is 3. The van der Waals surface area contributed by atoms with Crippen molar-refractivity contribution < 1.29 is 30.8 Å². The quantitative estimate of drug-likeness (QED) is 0.178. The van der Waals surface area contributed by atoms with E-state index < -0.39 is 27.9 Å². The summed E-state index contributed by atoms with van der Waals surface area (Å²) in [5.41, 5.74) is 4.79. The number of amides is 1. The number of pyridine rings is 1. The first-order valence-electron chi connectivity index (χ1n) is 16.3. The van der Waals surface area contributed by atoms with Gasteiger partial charge in [-0.05, 0) is 73.5 Å². The molecule has 50 heavy (non-hydrogen) atoms. The predicted molar refractivity (Wildman–Crippen MR) is 186 cm³/mol. The third kappa shape index (κ3) is 5.41. The highest BCUT2D eigenvalue weighted by Crippen LogP contribution is 2.43. The summed E-state index contributed by atoms with van der Waals surface area (Å²) in [7, 11) is -2.29. The molecule has 2 aliphatic heterocycles. The Bertz CT molecular complexity index is 2440. The molecule has 0 bridgehead atoms. The summed E-state index contributed by atoms with van der Waals surface area (Å²) in [5, 5.41) is 3.48. The van der Waals surface area contributed by atoms with Crippen molar-refractivity contribution in [1.29, 1.82) is 0 Å². The second kappa shape index (κ2) is 12.0. The van der Waals surface area contributed by atoms with Crippen molar-refractivity contribution in [2.45, 2.75) is 25.6 Å². The van der Waals surface area contributed by atoms with Crippen LogP contribution in [0.25, 0.3) is 55.8 Å². The number of anilines is 1. The van der Waals surface area contributed by atoms with Gasteiger partial charge in [0.1, 0.15) is 29.1 Å². The van der Waals surface area contributed by atoms with Crippen molar-refractivity contribution in [3.05, 3.63) is 95.6 Å². The Balaban J connectivity index is 1.32. The number of halogens is 3. The van der Waals surface area contributed by atoms with Gasteiger partial charge in [0.05, 0.1) is 45.6 Å². The summed E-state index contributed by atoms with van der Waals surface area (Å²) in [6.07, 6.45) is -0.280. The second-order valence-electron chi connectivity index (χ2n) is 12.7. The van der Waals surface area contributed by atoms with Gasteiger partial charge in [0.2, 0.25) is 10.0 Å². The van der Waals surface area contributed by atoms with Crippen LogP contribution in [-0.2, 0) is 16.4 Å². The summed E-state index contributed by atoms with van der Waals surface area (Å²) in [6, 6.07) is 19.0. The molecule has 2 aliphatic rings. The highest BCUT2D eigenvalue weighted by Gasteiger charge is 2.34. The number of carbonyl (C=O) groups excluding carboxylic acids is 1. The number of nitrogens with zero attached hydrogens (tertiary/aromatic N) is 3. The zero-order valence-corrected chi connectivity index (χ0v) is 28.0. The molecule has 0 aliphatic carbocycles. The number of carbonyl (C=O) groups is 1. The Labute approximate surface area is 285 Å². The maximum Gasteiger partial charge on any atom is 0.255 e. The predicted octanol–water partition coefficient (Wildman–Crippen LogP) is 6.93. The van der Waals surface area contributed by atoms with Gasteiger partial charge in [0, 0.05) is 54.6 Å². The van der Waals surface area contributed by atoms with Crippen LogP contribution in [0.1, 0.15) is 28.9 Å². The molecule has 5 heterocycles. The van der Waals surface area contributed by atoms with Crippen LogP contribution in [0.3, 0.4) is 0 Å². The van der Waals surface area contributed by atoms with E-state index in [1.54, 1.807) is 24.3 Å². The maximum atomic E-state index is 15.2. The Morgan fingerprint density at radius 1 is 1.02 bits per heavy atom. The molecule has 256 valence electrons. The lowest BCUT2D eigenvalue weighted by molar-refractivity contribution is 0.0534. The summed E-state index contributed by atoms with van der Waals surface area (Å²) < 4.78 is 79.5. The zero-order chi connectivity index (χ0) is 34.9. The van der Waals surface area contributed by atoms with Gasteiger partial charge in [-0.3, -0.25) is 14.4 Å². The molecule has 2 N–H and O–H groups in total. The van der Waals surface area contributed by atoms with E-state index in [4.69, 9.17) is 9.40 Å².